The Morgan fingerprint density at radius 1 is 0.976 bits per heavy atom. The number of hydrogen-bond acceptors (Lipinski definition) is 5. The number of anilines is 1. The number of carbonyl (C=O) groups is 2. The van der Waals surface area contributed by atoms with Gasteiger partial charge in [0.25, 0.3) is 10.0 Å². The van der Waals surface area contributed by atoms with Crippen LogP contribution in [-0.2, 0) is 26.2 Å². The summed E-state index contributed by atoms with van der Waals surface area (Å²) < 4.78 is 34.4. The van der Waals surface area contributed by atoms with Crippen molar-refractivity contribution < 1.29 is 22.7 Å². The molecular formula is C31H38ClN3O5S. The molecule has 0 aliphatic carbocycles. The maximum Gasteiger partial charge on any atom is 0.264 e. The highest BCUT2D eigenvalue weighted by atomic mass is 35.5. The van der Waals surface area contributed by atoms with Crippen LogP contribution in [0.25, 0.3) is 0 Å². The fourth-order valence-electron chi connectivity index (χ4n) is 4.46. The van der Waals surface area contributed by atoms with E-state index < -0.39 is 28.5 Å². The van der Waals surface area contributed by atoms with E-state index in [0.29, 0.717) is 35.0 Å². The number of rotatable bonds is 13. The highest BCUT2D eigenvalue weighted by molar-refractivity contribution is 7.92. The monoisotopic (exact) mass is 599 g/mol. The number of nitrogens with one attached hydrogen (secondary N) is 1. The first-order valence-corrected chi connectivity index (χ1v) is 15.4. The normalized spacial score (nSPS) is 12.0. The molecule has 220 valence electrons. The van der Waals surface area contributed by atoms with Gasteiger partial charge in [0.15, 0.2) is 0 Å². The maximum absolute atomic E-state index is 14.1. The number of amides is 2. The van der Waals surface area contributed by atoms with Crippen LogP contribution in [0.5, 0.6) is 5.75 Å². The minimum atomic E-state index is -4.16. The van der Waals surface area contributed by atoms with Crippen molar-refractivity contribution in [3.63, 3.8) is 0 Å². The van der Waals surface area contributed by atoms with Crippen LogP contribution in [0.3, 0.4) is 0 Å². The molecule has 2 amide bonds. The number of methoxy groups -OCH3 is 1. The molecule has 0 aliphatic rings. The van der Waals surface area contributed by atoms with Gasteiger partial charge >= 0.3 is 0 Å². The minimum Gasteiger partial charge on any atom is -0.497 e. The van der Waals surface area contributed by atoms with Crippen LogP contribution in [0.4, 0.5) is 5.69 Å². The molecule has 0 radical (unpaired) electrons. The van der Waals surface area contributed by atoms with Gasteiger partial charge < -0.3 is 15.0 Å². The standard InChI is InChI=1S/C31H38ClN3O5S/c1-6-18-33-31(37)28(7-2)34(20-24-10-13-26(40-5)14-11-24)30(36)21-35(29-17-12-25(32)19-23(29)4)41(38,39)27-15-8-22(3)9-16-27/h8-17,19,28H,6-7,18,20-21H2,1-5H3,(H,33,37)/t28-/m0/s1. The van der Waals surface area contributed by atoms with Crippen molar-refractivity contribution in [3.05, 3.63) is 88.4 Å². The maximum atomic E-state index is 14.1. The Bertz CT molecular complexity index is 1440. The molecule has 0 aliphatic heterocycles. The van der Waals surface area contributed by atoms with Gasteiger partial charge in [-0.25, -0.2) is 8.42 Å². The van der Waals surface area contributed by atoms with Crippen molar-refractivity contribution in [3.8, 4) is 5.75 Å². The fourth-order valence-corrected chi connectivity index (χ4v) is 6.17. The Balaban J connectivity index is 2.07. The van der Waals surface area contributed by atoms with E-state index in [1.807, 2.05) is 32.9 Å². The van der Waals surface area contributed by atoms with Gasteiger partial charge in [-0.15, -0.1) is 0 Å². The zero-order valence-electron chi connectivity index (χ0n) is 24.2. The van der Waals surface area contributed by atoms with E-state index in [4.69, 9.17) is 16.3 Å². The zero-order chi connectivity index (χ0) is 30.2. The molecule has 0 unspecified atom stereocenters. The van der Waals surface area contributed by atoms with Crippen molar-refractivity contribution >= 4 is 39.1 Å². The second-order valence-electron chi connectivity index (χ2n) is 9.84. The number of ether oxygens (including phenoxy) is 1. The van der Waals surface area contributed by atoms with E-state index >= 15 is 0 Å². The summed E-state index contributed by atoms with van der Waals surface area (Å²) in [6.07, 6.45) is 1.09. The summed E-state index contributed by atoms with van der Waals surface area (Å²) in [5.41, 5.74) is 2.60. The molecule has 0 bridgehead atoms. The molecule has 1 N–H and O–H groups in total. The summed E-state index contributed by atoms with van der Waals surface area (Å²) in [7, 11) is -2.59. The molecule has 1 atom stereocenters. The number of hydrogen-bond donors (Lipinski definition) is 1. The fraction of sp³-hybridized carbons (Fsp3) is 0.355. The molecule has 0 fully saturated rings. The number of aryl methyl sites for hydroxylation is 2. The van der Waals surface area contributed by atoms with Gasteiger partial charge in [-0.05, 0) is 80.3 Å². The molecule has 3 rings (SSSR count). The summed E-state index contributed by atoms with van der Waals surface area (Å²) in [4.78, 5) is 28.8. The van der Waals surface area contributed by atoms with Gasteiger partial charge in [-0.2, -0.15) is 0 Å². The first-order chi connectivity index (χ1) is 19.5. The summed E-state index contributed by atoms with van der Waals surface area (Å²) >= 11 is 6.18. The van der Waals surface area contributed by atoms with Gasteiger partial charge in [0.2, 0.25) is 11.8 Å². The van der Waals surface area contributed by atoms with Gasteiger partial charge in [0.1, 0.15) is 18.3 Å². The average molecular weight is 600 g/mol. The van der Waals surface area contributed by atoms with E-state index in [-0.39, 0.29) is 17.3 Å². The quantitative estimate of drug-likeness (QED) is 0.280. The lowest BCUT2D eigenvalue weighted by Crippen LogP contribution is -2.52. The molecule has 3 aromatic rings. The van der Waals surface area contributed by atoms with Crippen LogP contribution in [0.1, 0.15) is 43.4 Å². The molecular weight excluding hydrogens is 562 g/mol. The molecule has 41 heavy (non-hydrogen) atoms. The van der Waals surface area contributed by atoms with Crippen LogP contribution < -0.4 is 14.4 Å². The highest BCUT2D eigenvalue weighted by Gasteiger charge is 2.34. The van der Waals surface area contributed by atoms with Crippen LogP contribution in [-0.4, -0.2) is 51.4 Å². The zero-order valence-corrected chi connectivity index (χ0v) is 25.8. The van der Waals surface area contributed by atoms with Gasteiger partial charge in [0.05, 0.1) is 17.7 Å². The van der Waals surface area contributed by atoms with E-state index in [9.17, 15) is 18.0 Å². The average Bonchev–Trinajstić information content (AvgIpc) is 2.95. The first kappa shape index (κ1) is 32.0. The van der Waals surface area contributed by atoms with Gasteiger partial charge in [0, 0.05) is 18.1 Å². The summed E-state index contributed by atoms with van der Waals surface area (Å²) in [5, 5.41) is 3.33. The second-order valence-corrected chi connectivity index (χ2v) is 12.1. The second kappa shape index (κ2) is 14.4. The Labute approximate surface area is 248 Å². The molecule has 3 aromatic carbocycles. The Morgan fingerprint density at radius 2 is 1.63 bits per heavy atom. The molecule has 0 saturated heterocycles. The summed E-state index contributed by atoms with van der Waals surface area (Å²) in [6.45, 7) is 7.46. The van der Waals surface area contributed by atoms with Gasteiger partial charge in [-0.1, -0.05) is 55.3 Å². The van der Waals surface area contributed by atoms with Crippen molar-refractivity contribution in [1.29, 1.82) is 0 Å². The largest absolute Gasteiger partial charge is 0.497 e. The molecule has 0 aromatic heterocycles. The predicted octanol–water partition coefficient (Wildman–Crippen LogP) is 5.49. The molecule has 0 saturated carbocycles. The SMILES string of the molecule is CCCNC(=O)[C@H](CC)N(Cc1ccc(OC)cc1)C(=O)CN(c1ccc(Cl)cc1C)S(=O)(=O)c1ccc(C)cc1. The van der Waals surface area contributed by atoms with Crippen LogP contribution in [0, 0.1) is 13.8 Å². The minimum absolute atomic E-state index is 0.0553. The van der Waals surface area contributed by atoms with Crippen molar-refractivity contribution in [2.75, 3.05) is 24.5 Å². The van der Waals surface area contributed by atoms with Gasteiger partial charge in [-0.3, -0.25) is 13.9 Å². The lowest BCUT2D eigenvalue weighted by molar-refractivity contribution is -0.140. The van der Waals surface area contributed by atoms with Crippen molar-refractivity contribution in [2.45, 2.75) is 58.0 Å². The Kier molecular flexibility index (Phi) is 11.2. The predicted molar refractivity (Wildman–Crippen MR) is 163 cm³/mol. The van der Waals surface area contributed by atoms with E-state index in [2.05, 4.69) is 5.32 Å². The number of sulfonamides is 1. The number of benzene rings is 3. The number of carbonyl (C=O) groups excluding carboxylic acids is 2. The third kappa shape index (κ3) is 8.01. The Morgan fingerprint density at radius 3 is 2.20 bits per heavy atom. The number of halogens is 1. The molecule has 0 spiro atoms. The van der Waals surface area contributed by atoms with E-state index in [1.54, 1.807) is 56.5 Å². The van der Waals surface area contributed by atoms with E-state index in [0.717, 1.165) is 21.9 Å². The third-order valence-corrected chi connectivity index (χ3v) is 8.77. The number of nitrogens with zero attached hydrogens (tertiary/aromatic N) is 2. The first-order valence-electron chi connectivity index (χ1n) is 13.6. The Hall–Kier alpha value is -3.56. The van der Waals surface area contributed by atoms with Crippen LogP contribution in [0.15, 0.2) is 71.6 Å². The molecule has 10 heteroatoms. The highest BCUT2D eigenvalue weighted by Crippen LogP contribution is 2.30. The lowest BCUT2D eigenvalue weighted by Gasteiger charge is -2.33. The smallest absolute Gasteiger partial charge is 0.264 e. The lowest BCUT2D eigenvalue weighted by atomic mass is 10.1. The summed E-state index contributed by atoms with van der Waals surface area (Å²) in [6, 6.07) is 17.7. The van der Waals surface area contributed by atoms with Crippen LogP contribution in [0.2, 0.25) is 5.02 Å². The van der Waals surface area contributed by atoms with E-state index in [1.165, 1.54) is 17.0 Å². The molecule has 0 heterocycles. The van der Waals surface area contributed by atoms with Crippen molar-refractivity contribution in [1.82, 2.24) is 10.2 Å². The molecule has 8 nitrogen and oxygen atoms in total. The third-order valence-electron chi connectivity index (χ3n) is 6.76. The summed E-state index contributed by atoms with van der Waals surface area (Å²) in [5.74, 6) is -0.135. The van der Waals surface area contributed by atoms with Crippen molar-refractivity contribution in [2.24, 2.45) is 0 Å². The topological polar surface area (TPSA) is 96.0 Å². The van der Waals surface area contributed by atoms with Crippen LogP contribution >= 0.6 is 11.6 Å².